The summed E-state index contributed by atoms with van der Waals surface area (Å²) >= 11 is 0. The fourth-order valence-electron chi connectivity index (χ4n) is 1.97. The number of para-hydroxylation sites is 1. The number of carbonyl (C=O) groups is 2. The first-order valence-corrected chi connectivity index (χ1v) is 7.06. The van der Waals surface area contributed by atoms with Crippen molar-refractivity contribution < 1.29 is 19.4 Å². The Hall–Kier alpha value is -2.04. The van der Waals surface area contributed by atoms with Crippen LogP contribution in [0.4, 0.5) is 0 Å². The number of benzene rings is 1. The van der Waals surface area contributed by atoms with Crippen LogP contribution in [0.25, 0.3) is 0 Å². The molecule has 0 saturated heterocycles. The van der Waals surface area contributed by atoms with Gasteiger partial charge in [-0.2, -0.15) is 0 Å². The van der Waals surface area contributed by atoms with Crippen molar-refractivity contribution in [1.29, 1.82) is 0 Å². The number of aliphatic carboxylic acids is 1. The lowest BCUT2D eigenvalue weighted by Gasteiger charge is -2.25. The average molecular weight is 293 g/mol. The number of rotatable bonds is 7. The summed E-state index contributed by atoms with van der Waals surface area (Å²) in [6, 6.07) is 7.51. The molecular formula is C16H23NO4. The van der Waals surface area contributed by atoms with E-state index < -0.39 is 18.0 Å². The van der Waals surface area contributed by atoms with Crippen LogP contribution in [0.1, 0.15) is 25.8 Å². The normalized spacial score (nSPS) is 13.3. The summed E-state index contributed by atoms with van der Waals surface area (Å²) in [6.07, 6.45) is -0.0732. The zero-order valence-corrected chi connectivity index (χ0v) is 13.0. The van der Waals surface area contributed by atoms with Gasteiger partial charge in [0, 0.05) is 13.6 Å². The molecule has 2 atom stereocenters. The van der Waals surface area contributed by atoms with E-state index in [9.17, 15) is 9.59 Å². The summed E-state index contributed by atoms with van der Waals surface area (Å²) in [7, 11) is 1.60. The third-order valence-electron chi connectivity index (χ3n) is 3.35. The number of nitrogens with zero attached hydrogens (tertiary/aromatic N) is 1. The van der Waals surface area contributed by atoms with Crippen molar-refractivity contribution in [3.8, 4) is 5.75 Å². The van der Waals surface area contributed by atoms with Crippen molar-refractivity contribution in [2.75, 3.05) is 13.6 Å². The smallest absolute Gasteiger partial charge is 0.308 e. The van der Waals surface area contributed by atoms with E-state index in [-0.39, 0.29) is 12.5 Å². The maximum atomic E-state index is 12.4. The summed E-state index contributed by atoms with van der Waals surface area (Å²) in [5, 5.41) is 8.91. The molecule has 1 rings (SSSR count). The first kappa shape index (κ1) is 17.0. The van der Waals surface area contributed by atoms with Gasteiger partial charge < -0.3 is 14.7 Å². The van der Waals surface area contributed by atoms with Crippen molar-refractivity contribution in [2.24, 2.45) is 5.92 Å². The van der Waals surface area contributed by atoms with Crippen molar-refractivity contribution in [1.82, 2.24) is 4.90 Å². The minimum absolute atomic E-state index is 0.168. The van der Waals surface area contributed by atoms with E-state index in [0.29, 0.717) is 12.2 Å². The highest BCUT2D eigenvalue weighted by molar-refractivity contribution is 5.81. The van der Waals surface area contributed by atoms with Gasteiger partial charge in [-0.05, 0) is 25.0 Å². The van der Waals surface area contributed by atoms with Crippen LogP contribution in [0, 0.1) is 12.8 Å². The molecule has 2 unspecified atom stereocenters. The van der Waals surface area contributed by atoms with Crippen molar-refractivity contribution in [2.45, 2.75) is 33.3 Å². The van der Waals surface area contributed by atoms with Gasteiger partial charge in [-0.25, -0.2) is 0 Å². The molecule has 0 fully saturated rings. The highest BCUT2D eigenvalue weighted by atomic mass is 16.5. The van der Waals surface area contributed by atoms with Gasteiger partial charge in [-0.15, -0.1) is 0 Å². The number of ether oxygens (including phenoxy) is 1. The van der Waals surface area contributed by atoms with Crippen LogP contribution in [-0.4, -0.2) is 41.6 Å². The van der Waals surface area contributed by atoms with E-state index in [4.69, 9.17) is 9.84 Å². The Labute approximate surface area is 125 Å². The first-order valence-electron chi connectivity index (χ1n) is 7.06. The van der Waals surface area contributed by atoms with Crippen LogP contribution in [0.2, 0.25) is 0 Å². The molecule has 5 heteroatoms. The molecule has 0 saturated carbocycles. The zero-order valence-electron chi connectivity index (χ0n) is 13.0. The summed E-state index contributed by atoms with van der Waals surface area (Å²) in [6.45, 7) is 5.54. The van der Waals surface area contributed by atoms with E-state index in [1.165, 1.54) is 4.90 Å². The van der Waals surface area contributed by atoms with Gasteiger partial charge in [0.1, 0.15) is 5.75 Å². The highest BCUT2D eigenvalue weighted by Gasteiger charge is 2.25. The fraction of sp³-hybridized carbons (Fsp3) is 0.500. The largest absolute Gasteiger partial charge is 0.481 e. The standard InChI is InChI=1S/C16H23NO4/c1-5-13(21-14-9-7-6-8-11(14)2)15(18)17(4)10-12(3)16(19)20/h6-9,12-13H,5,10H2,1-4H3,(H,19,20). The van der Waals surface area contributed by atoms with Gasteiger partial charge in [-0.1, -0.05) is 32.0 Å². The maximum Gasteiger partial charge on any atom is 0.308 e. The minimum atomic E-state index is -0.914. The summed E-state index contributed by atoms with van der Waals surface area (Å²) < 4.78 is 5.78. The first-order chi connectivity index (χ1) is 9.86. The molecule has 0 radical (unpaired) electrons. The molecule has 5 nitrogen and oxygen atoms in total. The van der Waals surface area contributed by atoms with Crippen LogP contribution in [-0.2, 0) is 9.59 Å². The van der Waals surface area contributed by atoms with Gasteiger partial charge in [0.2, 0.25) is 0 Å². The second kappa shape index (κ2) is 7.67. The van der Waals surface area contributed by atoms with Gasteiger partial charge in [0.25, 0.3) is 5.91 Å². The predicted octanol–water partition coefficient (Wildman–Crippen LogP) is 2.33. The van der Waals surface area contributed by atoms with E-state index in [0.717, 1.165) is 5.56 Å². The number of carboxylic acid groups (broad SMARTS) is 1. The Bertz CT molecular complexity index is 501. The fourth-order valence-corrected chi connectivity index (χ4v) is 1.97. The molecule has 1 N–H and O–H groups in total. The topological polar surface area (TPSA) is 66.8 Å². The second-order valence-electron chi connectivity index (χ2n) is 5.24. The molecule has 116 valence electrons. The molecule has 1 amide bonds. The molecule has 0 bridgehead atoms. The molecule has 0 aromatic heterocycles. The maximum absolute atomic E-state index is 12.4. The van der Waals surface area contributed by atoms with Crippen molar-refractivity contribution in [3.63, 3.8) is 0 Å². The molecule has 0 heterocycles. The van der Waals surface area contributed by atoms with Crippen molar-refractivity contribution >= 4 is 11.9 Å². The number of hydrogen-bond donors (Lipinski definition) is 1. The third kappa shape index (κ3) is 4.77. The summed E-state index contributed by atoms with van der Waals surface area (Å²) in [4.78, 5) is 24.6. The SMILES string of the molecule is CCC(Oc1ccccc1C)C(=O)N(C)CC(C)C(=O)O. The summed E-state index contributed by atoms with van der Waals surface area (Å²) in [5.41, 5.74) is 0.963. The van der Waals surface area contributed by atoms with Crippen molar-refractivity contribution in [3.05, 3.63) is 29.8 Å². The Balaban J connectivity index is 2.73. The molecular weight excluding hydrogens is 270 g/mol. The molecule has 1 aromatic carbocycles. The molecule has 1 aromatic rings. The van der Waals surface area contributed by atoms with E-state index in [1.807, 2.05) is 38.1 Å². The lowest BCUT2D eigenvalue weighted by Crippen LogP contribution is -2.42. The highest BCUT2D eigenvalue weighted by Crippen LogP contribution is 2.19. The molecule has 0 aliphatic heterocycles. The number of carbonyl (C=O) groups excluding carboxylic acids is 1. The number of hydrogen-bond acceptors (Lipinski definition) is 3. The van der Waals surface area contributed by atoms with Gasteiger partial charge in [0.05, 0.1) is 5.92 Å². The molecule has 21 heavy (non-hydrogen) atoms. The lowest BCUT2D eigenvalue weighted by atomic mass is 10.1. The Morgan fingerprint density at radius 3 is 2.48 bits per heavy atom. The molecule has 0 aliphatic carbocycles. The number of likely N-dealkylation sites (N-methyl/N-ethyl adjacent to an activating group) is 1. The zero-order chi connectivity index (χ0) is 16.0. The monoisotopic (exact) mass is 293 g/mol. The predicted molar refractivity (Wildman–Crippen MR) is 80.3 cm³/mol. The van der Waals surface area contributed by atoms with E-state index in [2.05, 4.69) is 0 Å². The number of amides is 1. The second-order valence-corrected chi connectivity index (χ2v) is 5.24. The van der Waals surface area contributed by atoms with Crippen LogP contribution in [0.5, 0.6) is 5.75 Å². The summed E-state index contributed by atoms with van der Waals surface area (Å²) in [5.74, 6) is -1.04. The molecule has 0 aliphatic rings. The van der Waals surface area contributed by atoms with Gasteiger partial charge in [0.15, 0.2) is 6.10 Å². The Morgan fingerprint density at radius 1 is 1.33 bits per heavy atom. The number of carboxylic acids is 1. The minimum Gasteiger partial charge on any atom is -0.481 e. The van der Waals surface area contributed by atoms with Crippen LogP contribution in [0.3, 0.4) is 0 Å². The van der Waals surface area contributed by atoms with E-state index >= 15 is 0 Å². The third-order valence-corrected chi connectivity index (χ3v) is 3.35. The quantitative estimate of drug-likeness (QED) is 0.838. The Morgan fingerprint density at radius 2 is 1.95 bits per heavy atom. The van der Waals surface area contributed by atoms with Crippen LogP contribution < -0.4 is 4.74 Å². The van der Waals surface area contributed by atoms with Crippen LogP contribution in [0.15, 0.2) is 24.3 Å². The van der Waals surface area contributed by atoms with Crippen LogP contribution >= 0.6 is 0 Å². The lowest BCUT2D eigenvalue weighted by molar-refractivity contribution is -0.144. The van der Waals surface area contributed by atoms with Gasteiger partial charge in [-0.3, -0.25) is 9.59 Å². The van der Waals surface area contributed by atoms with Gasteiger partial charge >= 0.3 is 5.97 Å². The average Bonchev–Trinajstić information content (AvgIpc) is 2.45. The molecule has 0 spiro atoms. The Kier molecular flexibility index (Phi) is 6.21. The number of aryl methyl sites for hydroxylation is 1. The van der Waals surface area contributed by atoms with E-state index in [1.54, 1.807) is 14.0 Å².